The van der Waals surface area contributed by atoms with Crippen molar-refractivity contribution in [1.82, 2.24) is 4.90 Å². The van der Waals surface area contributed by atoms with Crippen LogP contribution in [0, 0.1) is 10.1 Å². The molecule has 1 atom stereocenters. The Hall–Kier alpha value is -2.10. The molecule has 4 nitrogen and oxygen atoms in total. The summed E-state index contributed by atoms with van der Waals surface area (Å²) >= 11 is 0. The molecule has 0 spiro atoms. The van der Waals surface area contributed by atoms with Crippen molar-refractivity contribution in [2.45, 2.75) is 40.0 Å². The zero-order valence-corrected chi connectivity index (χ0v) is 13.1. The first-order valence-corrected chi connectivity index (χ1v) is 7.40. The van der Waals surface area contributed by atoms with Crippen molar-refractivity contribution in [3.05, 3.63) is 63.0 Å². The van der Waals surface area contributed by atoms with Crippen molar-refractivity contribution in [2.24, 2.45) is 0 Å². The summed E-state index contributed by atoms with van der Waals surface area (Å²) in [7, 11) is 0. The molecule has 0 radical (unpaired) electrons. The molecule has 0 aromatic heterocycles. The normalized spacial score (nSPS) is 18.8. The van der Waals surface area contributed by atoms with Gasteiger partial charge in [0, 0.05) is 35.5 Å². The molecule has 0 saturated carbocycles. The highest BCUT2D eigenvalue weighted by molar-refractivity contribution is 5.50. The summed E-state index contributed by atoms with van der Waals surface area (Å²) in [5, 5.41) is 11.3. The first kappa shape index (κ1) is 15.3. The van der Waals surface area contributed by atoms with Gasteiger partial charge in [0.2, 0.25) is 0 Å². The first-order chi connectivity index (χ1) is 10.0. The van der Waals surface area contributed by atoms with Crippen molar-refractivity contribution >= 4 is 5.69 Å². The molecule has 1 heterocycles. The SMILES string of the molecule is CCC1=C(C)N(CC)C(C)=CC1c1ccccc1[N+](=O)[O-]. The van der Waals surface area contributed by atoms with Gasteiger partial charge in [-0.05, 0) is 32.8 Å². The van der Waals surface area contributed by atoms with E-state index in [0.717, 1.165) is 24.2 Å². The summed E-state index contributed by atoms with van der Waals surface area (Å²) < 4.78 is 0. The summed E-state index contributed by atoms with van der Waals surface area (Å²) in [5.74, 6) is -0.000556. The van der Waals surface area contributed by atoms with Crippen LogP contribution in [0.3, 0.4) is 0 Å². The van der Waals surface area contributed by atoms with Crippen molar-refractivity contribution in [3.63, 3.8) is 0 Å². The number of rotatable bonds is 4. The van der Waals surface area contributed by atoms with E-state index >= 15 is 0 Å². The molecule has 0 aliphatic carbocycles. The molecule has 1 unspecified atom stereocenters. The molecular weight excluding hydrogens is 264 g/mol. The second-order valence-electron chi connectivity index (χ2n) is 5.31. The quantitative estimate of drug-likeness (QED) is 0.600. The van der Waals surface area contributed by atoms with Gasteiger partial charge in [-0.15, -0.1) is 0 Å². The maximum absolute atomic E-state index is 11.3. The van der Waals surface area contributed by atoms with Gasteiger partial charge in [0.25, 0.3) is 5.69 Å². The van der Waals surface area contributed by atoms with E-state index in [2.05, 4.69) is 38.7 Å². The molecule has 1 aliphatic rings. The number of nitrogens with zero attached hydrogens (tertiary/aromatic N) is 2. The molecule has 0 saturated heterocycles. The number of allylic oxidation sites excluding steroid dienone is 4. The average Bonchev–Trinajstić information content (AvgIpc) is 2.47. The van der Waals surface area contributed by atoms with Gasteiger partial charge in [0.15, 0.2) is 0 Å². The molecule has 1 aromatic carbocycles. The number of nitro groups is 1. The van der Waals surface area contributed by atoms with Gasteiger partial charge in [-0.25, -0.2) is 0 Å². The number of hydrogen-bond acceptors (Lipinski definition) is 3. The molecule has 1 aromatic rings. The third-order valence-electron chi connectivity index (χ3n) is 4.24. The average molecular weight is 286 g/mol. The van der Waals surface area contributed by atoms with E-state index in [-0.39, 0.29) is 16.5 Å². The molecule has 0 fully saturated rings. The number of para-hydroxylation sites is 1. The Morgan fingerprint density at radius 2 is 1.90 bits per heavy atom. The van der Waals surface area contributed by atoms with Crippen molar-refractivity contribution in [1.29, 1.82) is 0 Å². The Kier molecular flexibility index (Phi) is 4.46. The third-order valence-corrected chi connectivity index (χ3v) is 4.24. The van der Waals surface area contributed by atoms with Gasteiger partial charge in [0.1, 0.15) is 0 Å². The highest BCUT2D eigenvalue weighted by Crippen LogP contribution is 2.40. The summed E-state index contributed by atoms with van der Waals surface area (Å²) in [5.41, 5.74) is 4.64. The second kappa shape index (κ2) is 6.12. The van der Waals surface area contributed by atoms with Crippen LogP contribution >= 0.6 is 0 Å². The van der Waals surface area contributed by atoms with Gasteiger partial charge >= 0.3 is 0 Å². The van der Waals surface area contributed by atoms with Crippen LogP contribution in [0.4, 0.5) is 5.69 Å². The van der Waals surface area contributed by atoms with E-state index in [1.165, 1.54) is 11.3 Å². The fourth-order valence-electron chi connectivity index (χ4n) is 3.25. The summed E-state index contributed by atoms with van der Waals surface area (Å²) in [4.78, 5) is 13.3. The summed E-state index contributed by atoms with van der Waals surface area (Å²) in [6, 6.07) is 7.06. The minimum atomic E-state index is -0.284. The predicted octanol–water partition coefficient (Wildman–Crippen LogP) is 4.60. The number of benzene rings is 1. The minimum absolute atomic E-state index is 0.000556. The maximum Gasteiger partial charge on any atom is 0.273 e. The predicted molar refractivity (Wildman–Crippen MR) is 85.0 cm³/mol. The minimum Gasteiger partial charge on any atom is -0.350 e. The monoisotopic (exact) mass is 286 g/mol. The highest BCUT2D eigenvalue weighted by Gasteiger charge is 2.28. The van der Waals surface area contributed by atoms with Crippen LogP contribution in [0.2, 0.25) is 0 Å². The third kappa shape index (κ3) is 2.71. The van der Waals surface area contributed by atoms with Crippen LogP contribution in [0.5, 0.6) is 0 Å². The molecule has 4 heteroatoms. The van der Waals surface area contributed by atoms with Crippen molar-refractivity contribution in [3.8, 4) is 0 Å². The van der Waals surface area contributed by atoms with Crippen LogP contribution in [0.25, 0.3) is 0 Å². The Bertz CT molecular complexity index is 617. The summed E-state index contributed by atoms with van der Waals surface area (Å²) in [6.07, 6.45) is 3.04. The standard InChI is InChI=1S/C17H22N2O2/c1-5-14-13(4)18(6-2)12(3)11-16(14)15-9-7-8-10-17(15)19(20)21/h7-11,16H,5-6H2,1-4H3. The van der Waals surface area contributed by atoms with E-state index in [1.54, 1.807) is 12.1 Å². The van der Waals surface area contributed by atoms with Crippen molar-refractivity contribution in [2.75, 3.05) is 6.54 Å². The van der Waals surface area contributed by atoms with Crippen LogP contribution in [0.1, 0.15) is 45.6 Å². The Morgan fingerprint density at radius 1 is 1.24 bits per heavy atom. The zero-order valence-electron chi connectivity index (χ0n) is 13.1. The largest absolute Gasteiger partial charge is 0.350 e. The lowest BCUT2D eigenvalue weighted by molar-refractivity contribution is -0.385. The van der Waals surface area contributed by atoms with E-state index in [4.69, 9.17) is 0 Å². The van der Waals surface area contributed by atoms with Gasteiger partial charge in [-0.2, -0.15) is 0 Å². The van der Waals surface area contributed by atoms with Crippen LogP contribution in [0.15, 0.2) is 47.3 Å². The maximum atomic E-state index is 11.3. The van der Waals surface area contributed by atoms with Gasteiger partial charge in [-0.1, -0.05) is 31.2 Å². The molecule has 1 aliphatic heterocycles. The van der Waals surface area contributed by atoms with Crippen LogP contribution in [-0.2, 0) is 0 Å². The summed E-state index contributed by atoms with van der Waals surface area (Å²) in [6.45, 7) is 9.34. The molecule has 112 valence electrons. The second-order valence-corrected chi connectivity index (χ2v) is 5.31. The smallest absolute Gasteiger partial charge is 0.273 e. The van der Waals surface area contributed by atoms with Gasteiger partial charge in [0.05, 0.1) is 4.92 Å². The van der Waals surface area contributed by atoms with E-state index in [1.807, 2.05) is 12.1 Å². The van der Waals surface area contributed by atoms with Gasteiger partial charge < -0.3 is 4.90 Å². The molecule has 0 bridgehead atoms. The molecular formula is C17H22N2O2. The highest BCUT2D eigenvalue weighted by atomic mass is 16.6. The van der Waals surface area contributed by atoms with Crippen molar-refractivity contribution < 1.29 is 4.92 Å². The lowest BCUT2D eigenvalue weighted by Gasteiger charge is -2.35. The molecule has 0 amide bonds. The van der Waals surface area contributed by atoms with E-state index in [0.29, 0.717) is 0 Å². The fourth-order valence-corrected chi connectivity index (χ4v) is 3.25. The van der Waals surface area contributed by atoms with Gasteiger partial charge in [-0.3, -0.25) is 10.1 Å². The van der Waals surface area contributed by atoms with Crippen LogP contribution in [-0.4, -0.2) is 16.4 Å². The zero-order chi connectivity index (χ0) is 15.6. The lowest BCUT2D eigenvalue weighted by Crippen LogP contribution is -2.26. The Labute approximate surface area is 125 Å². The Morgan fingerprint density at radius 3 is 2.48 bits per heavy atom. The van der Waals surface area contributed by atoms with Crippen LogP contribution < -0.4 is 0 Å². The lowest BCUT2D eigenvalue weighted by atomic mass is 9.84. The molecule has 0 N–H and O–H groups in total. The number of hydrogen-bond donors (Lipinski definition) is 0. The van der Waals surface area contributed by atoms with E-state index in [9.17, 15) is 10.1 Å². The first-order valence-electron chi connectivity index (χ1n) is 7.40. The molecule has 21 heavy (non-hydrogen) atoms. The molecule has 2 rings (SSSR count). The fraction of sp³-hybridized carbons (Fsp3) is 0.412. The van der Waals surface area contributed by atoms with E-state index < -0.39 is 0 Å². The Balaban J connectivity index is 2.58. The topological polar surface area (TPSA) is 46.4 Å². The number of nitro benzene ring substituents is 1.